The van der Waals surface area contributed by atoms with Crippen molar-refractivity contribution < 1.29 is 19.1 Å². The molecule has 3 N–H and O–H groups in total. The van der Waals surface area contributed by atoms with E-state index in [0.29, 0.717) is 40.0 Å². The molecule has 14 heteroatoms. The Kier molecular flexibility index (Phi) is 9.05. The first-order valence-electron chi connectivity index (χ1n) is 13.5. The molecule has 2 unspecified atom stereocenters. The molecule has 2 aromatic rings. The molecule has 3 amide bonds. The highest BCUT2D eigenvalue weighted by Crippen LogP contribution is 2.31. The van der Waals surface area contributed by atoms with E-state index in [1.54, 1.807) is 49.7 Å². The van der Waals surface area contributed by atoms with Gasteiger partial charge in [-0.3, -0.25) is 19.3 Å². The van der Waals surface area contributed by atoms with Crippen LogP contribution < -0.4 is 15.5 Å². The maximum Gasteiger partial charge on any atom is 0.247 e. The van der Waals surface area contributed by atoms with Gasteiger partial charge in [-0.2, -0.15) is 0 Å². The second kappa shape index (κ2) is 12.9. The van der Waals surface area contributed by atoms with Crippen molar-refractivity contribution in [3.63, 3.8) is 0 Å². The molecular formula is C28H30Cl2N8O4. The molecule has 3 aliphatic rings. The lowest BCUT2D eigenvalue weighted by molar-refractivity contribution is -0.146. The van der Waals surface area contributed by atoms with Gasteiger partial charge in [0.05, 0.1) is 29.4 Å². The Morgan fingerprint density at radius 3 is 2.74 bits per heavy atom. The minimum absolute atomic E-state index is 0.162. The summed E-state index contributed by atoms with van der Waals surface area (Å²) in [6.07, 6.45) is 10.7. The Labute approximate surface area is 252 Å². The summed E-state index contributed by atoms with van der Waals surface area (Å²) in [5, 5.41) is 22.1. The molecule has 2 atom stereocenters. The summed E-state index contributed by atoms with van der Waals surface area (Å²) in [6.45, 7) is -0.0471. The van der Waals surface area contributed by atoms with Crippen molar-refractivity contribution in [1.82, 2.24) is 30.5 Å². The first kappa shape index (κ1) is 29.5. The number of aromatic nitrogens is 3. The van der Waals surface area contributed by atoms with Gasteiger partial charge in [-0.25, -0.2) is 4.68 Å². The first-order chi connectivity index (χ1) is 20.2. The van der Waals surface area contributed by atoms with E-state index in [9.17, 15) is 14.4 Å². The van der Waals surface area contributed by atoms with Crippen molar-refractivity contribution in [1.29, 1.82) is 5.41 Å². The minimum Gasteiger partial charge on any atom is -0.393 e. The lowest BCUT2D eigenvalue weighted by atomic mass is 9.98. The van der Waals surface area contributed by atoms with Gasteiger partial charge in [0.25, 0.3) is 0 Å². The standard InChI is InChI=1S/C28H30Cl2N8O4/c1-32-13-17-10-19(6-7-21(17)31)33-28(41)24(12-20-4-2-3-9-42-20)37-16-26(39)36(15-27(37)40)23-11-18(29)5-8-22(23)38-14-25(30)34-35-38/h5-8,10-11,13-14,20,24,31-32H,2-4,9,12,15-16H2,1H3,(H,33,41)/b17-13-,31-21?. The molecule has 0 bridgehead atoms. The first-order valence-corrected chi connectivity index (χ1v) is 14.3. The van der Waals surface area contributed by atoms with Crippen LogP contribution in [0.25, 0.3) is 5.69 Å². The molecule has 1 aromatic carbocycles. The van der Waals surface area contributed by atoms with Gasteiger partial charge in [-0.05, 0) is 55.7 Å². The van der Waals surface area contributed by atoms with Crippen LogP contribution in [-0.2, 0) is 19.1 Å². The highest BCUT2D eigenvalue weighted by molar-refractivity contribution is 6.31. The average Bonchev–Trinajstić information content (AvgIpc) is 3.41. The van der Waals surface area contributed by atoms with Crippen LogP contribution >= 0.6 is 23.2 Å². The number of piperazine rings is 1. The summed E-state index contributed by atoms with van der Waals surface area (Å²) in [5.74, 6) is -1.23. The van der Waals surface area contributed by atoms with Gasteiger partial charge in [-0.1, -0.05) is 28.4 Å². The van der Waals surface area contributed by atoms with Crippen molar-refractivity contribution in [2.75, 3.05) is 31.6 Å². The Balaban J connectivity index is 1.40. The van der Waals surface area contributed by atoms with E-state index in [1.165, 1.54) is 20.7 Å². The van der Waals surface area contributed by atoms with Crippen molar-refractivity contribution in [2.45, 2.75) is 37.8 Å². The fraction of sp³-hybridized carbons (Fsp3) is 0.357. The summed E-state index contributed by atoms with van der Waals surface area (Å²) >= 11 is 12.2. The van der Waals surface area contributed by atoms with Gasteiger partial charge in [0.2, 0.25) is 17.7 Å². The lowest BCUT2D eigenvalue weighted by Crippen LogP contribution is -2.61. The van der Waals surface area contributed by atoms with Gasteiger partial charge < -0.3 is 25.7 Å². The van der Waals surface area contributed by atoms with E-state index in [0.717, 1.165) is 19.3 Å². The minimum atomic E-state index is -0.952. The van der Waals surface area contributed by atoms with Crippen LogP contribution in [0.15, 0.2) is 60.1 Å². The number of allylic oxidation sites excluding steroid dienone is 4. The van der Waals surface area contributed by atoms with E-state index in [-0.39, 0.29) is 30.8 Å². The van der Waals surface area contributed by atoms with E-state index >= 15 is 0 Å². The molecule has 42 heavy (non-hydrogen) atoms. The number of carbonyl (C=O) groups excluding carboxylic acids is 3. The van der Waals surface area contributed by atoms with Gasteiger partial charge in [0, 0.05) is 42.6 Å². The zero-order chi connectivity index (χ0) is 29.8. The molecule has 2 fully saturated rings. The van der Waals surface area contributed by atoms with Gasteiger partial charge in [0.15, 0.2) is 5.15 Å². The summed E-state index contributed by atoms with van der Waals surface area (Å²) in [5.41, 5.74) is 2.18. The Morgan fingerprint density at radius 1 is 1.19 bits per heavy atom. The zero-order valence-corrected chi connectivity index (χ0v) is 24.4. The fourth-order valence-electron chi connectivity index (χ4n) is 5.16. The summed E-state index contributed by atoms with van der Waals surface area (Å²) < 4.78 is 7.31. The summed E-state index contributed by atoms with van der Waals surface area (Å²) in [7, 11) is 1.72. The highest BCUT2D eigenvalue weighted by Gasteiger charge is 2.40. The maximum atomic E-state index is 13.7. The highest BCUT2D eigenvalue weighted by atomic mass is 35.5. The summed E-state index contributed by atoms with van der Waals surface area (Å²) in [4.78, 5) is 43.6. The predicted molar refractivity (Wildman–Crippen MR) is 158 cm³/mol. The van der Waals surface area contributed by atoms with Gasteiger partial charge in [0.1, 0.15) is 19.1 Å². The third kappa shape index (κ3) is 6.56. The van der Waals surface area contributed by atoms with Crippen LogP contribution in [0.3, 0.4) is 0 Å². The molecule has 3 heterocycles. The topological polar surface area (TPSA) is 146 Å². The van der Waals surface area contributed by atoms with Crippen LogP contribution in [0.4, 0.5) is 5.69 Å². The SMILES string of the molecule is CN/C=C1/C=C(NC(=O)C(CC2CCCCO2)N2CC(=O)N(c3cc(Cl)ccc3-n3cc(Cl)nn3)CC2=O)C=CC1=N. The number of ether oxygens (including phenoxy) is 1. The number of nitrogens with zero attached hydrogens (tertiary/aromatic N) is 5. The lowest BCUT2D eigenvalue weighted by Gasteiger charge is -2.39. The fourth-order valence-corrected chi connectivity index (χ4v) is 5.46. The number of carbonyl (C=O) groups is 3. The van der Waals surface area contributed by atoms with Crippen molar-refractivity contribution >= 4 is 52.3 Å². The number of hydrogen-bond acceptors (Lipinski definition) is 8. The normalized spacial score (nSPS) is 21.0. The zero-order valence-electron chi connectivity index (χ0n) is 22.8. The molecule has 2 saturated heterocycles. The molecule has 220 valence electrons. The van der Waals surface area contributed by atoms with Crippen molar-refractivity contribution in [3.05, 3.63) is 70.3 Å². The molecule has 0 spiro atoms. The van der Waals surface area contributed by atoms with Crippen LogP contribution in [0.1, 0.15) is 25.7 Å². The van der Waals surface area contributed by atoms with Crippen LogP contribution in [-0.4, -0.2) is 82.2 Å². The Morgan fingerprint density at radius 2 is 2.02 bits per heavy atom. The summed E-state index contributed by atoms with van der Waals surface area (Å²) in [6, 6.07) is 3.91. The number of hydrogen-bond donors (Lipinski definition) is 3. The molecule has 5 rings (SSSR count). The van der Waals surface area contributed by atoms with Crippen molar-refractivity contribution in [2.24, 2.45) is 0 Å². The van der Waals surface area contributed by atoms with Crippen LogP contribution in [0.2, 0.25) is 10.2 Å². The van der Waals surface area contributed by atoms with Gasteiger partial charge in [-0.15, -0.1) is 5.10 Å². The third-order valence-corrected chi connectivity index (χ3v) is 7.63. The monoisotopic (exact) mass is 612 g/mol. The van der Waals surface area contributed by atoms with E-state index in [4.69, 9.17) is 33.3 Å². The number of anilines is 1. The molecule has 2 aliphatic heterocycles. The Bertz CT molecular complexity index is 1490. The number of amides is 3. The second-order valence-corrected chi connectivity index (χ2v) is 10.9. The average molecular weight is 614 g/mol. The second-order valence-electron chi connectivity index (χ2n) is 10.1. The third-order valence-electron chi connectivity index (χ3n) is 7.22. The molecular weight excluding hydrogens is 583 g/mol. The smallest absolute Gasteiger partial charge is 0.247 e. The number of nitrogens with one attached hydrogen (secondary N) is 3. The molecule has 1 aromatic heterocycles. The Hall–Kier alpha value is -4.00. The maximum absolute atomic E-state index is 13.7. The van der Waals surface area contributed by atoms with Crippen molar-refractivity contribution in [3.8, 4) is 5.69 Å². The molecule has 12 nitrogen and oxygen atoms in total. The van der Waals surface area contributed by atoms with Crippen LogP contribution in [0.5, 0.6) is 0 Å². The number of halogens is 2. The van der Waals surface area contributed by atoms with Gasteiger partial charge >= 0.3 is 0 Å². The predicted octanol–water partition coefficient (Wildman–Crippen LogP) is 2.77. The largest absolute Gasteiger partial charge is 0.393 e. The number of benzene rings is 1. The molecule has 0 radical (unpaired) electrons. The molecule has 0 saturated carbocycles. The van der Waals surface area contributed by atoms with E-state index in [2.05, 4.69) is 20.9 Å². The van der Waals surface area contributed by atoms with E-state index < -0.39 is 23.8 Å². The van der Waals surface area contributed by atoms with Crippen LogP contribution in [0, 0.1) is 5.41 Å². The quantitative estimate of drug-likeness (QED) is 0.415. The molecule has 1 aliphatic carbocycles. The number of rotatable bonds is 8. The van der Waals surface area contributed by atoms with E-state index in [1.807, 2.05) is 0 Å².